The largest absolute Gasteiger partial charge is 0.379 e. The molecule has 0 amide bonds. The van der Waals surface area contributed by atoms with Crippen molar-refractivity contribution in [3.05, 3.63) is 35.9 Å². The van der Waals surface area contributed by atoms with E-state index in [4.69, 9.17) is 4.74 Å². The van der Waals surface area contributed by atoms with E-state index < -0.39 is 0 Å². The van der Waals surface area contributed by atoms with Crippen molar-refractivity contribution in [2.45, 2.75) is 31.8 Å². The second-order valence-electron chi connectivity index (χ2n) is 4.28. The van der Waals surface area contributed by atoms with E-state index in [1.54, 1.807) is 0 Å². The van der Waals surface area contributed by atoms with Gasteiger partial charge >= 0.3 is 0 Å². The molecule has 2 rings (SSSR count). The van der Waals surface area contributed by atoms with Gasteiger partial charge in [-0.2, -0.15) is 0 Å². The highest BCUT2D eigenvalue weighted by Crippen LogP contribution is 2.22. The van der Waals surface area contributed by atoms with Crippen LogP contribution in [0.4, 0.5) is 0 Å². The zero-order valence-corrected chi connectivity index (χ0v) is 9.33. The molecule has 0 radical (unpaired) electrons. The van der Waals surface area contributed by atoms with Gasteiger partial charge in [0.15, 0.2) is 0 Å². The lowest BCUT2D eigenvalue weighted by atomic mass is 9.95. The van der Waals surface area contributed by atoms with Gasteiger partial charge in [0.1, 0.15) is 0 Å². The van der Waals surface area contributed by atoms with Crippen LogP contribution < -0.4 is 5.32 Å². The Morgan fingerprint density at radius 3 is 2.73 bits per heavy atom. The first-order chi connectivity index (χ1) is 7.35. The molecule has 0 bridgehead atoms. The van der Waals surface area contributed by atoms with Crippen molar-refractivity contribution < 1.29 is 4.74 Å². The molecule has 1 unspecified atom stereocenters. The zero-order valence-electron chi connectivity index (χ0n) is 9.33. The molecule has 1 heterocycles. The Labute approximate surface area is 91.6 Å². The molecule has 1 aromatic rings. The summed E-state index contributed by atoms with van der Waals surface area (Å²) in [5.74, 6) is 0. The highest BCUT2D eigenvalue weighted by molar-refractivity contribution is 5.14. The molecule has 1 aliphatic heterocycles. The van der Waals surface area contributed by atoms with Gasteiger partial charge in [-0.3, -0.25) is 0 Å². The van der Waals surface area contributed by atoms with Crippen molar-refractivity contribution in [1.29, 1.82) is 0 Å². The average molecular weight is 205 g/mol. The van der Waals surface area contributed by atoms with Crippen molar-refractivity contribution in [3.8, 4) is 0 Å². The van der Waals surface area contributed by atoms with Crippen LogP contribution in [0.2, 0.25) is 0 Å². The molecule has 0 aromatic heterocycles. The Morgan fingerprint density at radius 1 is 1.33 bits per heavy atom. The number of hydrogen-bond acceptors (Lipinski definition) is 2. The Bertz CT molecular complexity index is 291. The lowest BCUT2D eigenvalue weighted by molar-refractivity contribution is 0.164. The molecular weight excluding hydrogens is 186 g/mol. The molecule has 1 aliphatic rings. The zero-order chi connectivity index (χ0) is 10.6. The summed E-state index contributed by atoms with van der Waals surface area (Å²) in [5, 5.41) is 3.64. The first kappa shape index (κ1) is 10.7. The van der Waals surface area contributed by atoms with Crippen LogP contribution in [0, 0.1) is 0 Å². The standard InChI is InChI=1S/C13H19NO/c1-2-13(8-9-15-11-13)14-10-12-6-4-3-5-7-12/h3-7,14H,2,8-11H2,1H3. The molecule has 0 saturated carbocycles. The van der Waals surface area contributed by atoms with Gasteiger partial charge in [0.2, 0.25) is 0 Å². The summed E-state index contributed by atoms with van der Waals surface area (Å²) >= 11 is 0. The first-order valence-corrected chi connectivity index (χ1v) is 5.71. The highest BCUT2D eigenvalue weighted by Gasteiger charge is 2.32. The van der Waals surface area contributed by atoms with Crippen molar-refractivity contribution in [3.63, 3.8) is 0 Å². The predicted molar refractivity (Wildman–Crippen MR) is 61.7 cm³/mol. The summed E-state index contributed by atoms with van der Waals surface area (Å²) in [4.78, 5) is 0. The van der Waals surface area contributed by atoms with Gasteiger partial charge in [-0.15, -0.1) is 0 Å². The smallest absolute Gasteiger partial charge is 0.0649 e. The number of hydrogen-bond donors (Lipinski definition) is 1. The van der Waals surface area contributed by atoms with Gasteiger partial charge in [0.25, 0.3) is 0 Å². The SMILES string of the molecule is CCC1(NCc2ccccc2)CCOC1. The van der Waals surface area contributed by atoms with E-state index >= 15 is 0 Å². The van der Waals surface area contributed by atoms with Crippen LogP contribution in [-0.2, 0) is 11.3 Å². The molecule has 2 nitrogen and oxygen atoms in total. The average Bonchev–Trinajstić information content (AvgIpc) is 2.77. The van der Waals surface area contributed by atoms with E-state index in [1.807, 2.05) is 0 Å². The van der Waals surface area contributed by atoms with Gasteiger partial charge in [0.05, 0.1) is 6.61 Å². The fraction of sp³-hybridized carbons (Fsp3) is 0.538. The molecule has 82 valence electrons. The molecule has 0 spiro atoms. The minimum absolute atomic E-state index is 0.218. The maximum atomic E-state index is 5.48. The lowest BCUT2D eigenvalue weighted by Gasteiger charge is -2.27. The van der Waals surface area contributed by atoms with Crippen LogP contribution in [0.1, 0.15) is 25.3 Å². The Hall–Kier alpha value is -0.860. The third kappa shape index (κ3) is 2.58. The number of benzene rings is 1. The van der Waals surface area contributed by atoms with Crippen molar-refractivity contribution in [1.82, 2.24) is 5.32 Å². The summed E-state index contributed by atoms with van der Waals surface area (Å²) in [7, 11) is 0. The second kappa shape index (κ2) is 4.77. The maximum absolute atomic E-state index is 5.48. The first-order valence-electron chi connectivity index (χ1n) is 5.71. The third-order valence-electron chi connectivity index (χ3n) is 3.29. The van der Waals surface area contributed by atoms with E-state index in [2.05, 4.69) is 42.6 Å². The van der Waals surface area contributed by atoms with E-state index in [1.165, 1.54) is 5.56 Å². The molecule has 0 aliphatic carbocycles. The topological polar surface area (TPSA) is 21.3 Å². The normalized spacial score (nSPS) is 25.7. The number of rotatable bonds is 4. The number of ether oxygens (including phenoxy) is 1. The van der Waals surface area contributed by atoms with Crippen LogP contribution >= 0.6 is 0 Å². The van der Waals surface area contributed by atoms with Crippen molar-refractivity contribution >= 4 is 0 Å². The summed E-state index contributed by atoms with van der Waals surface area (Å²) in [6.07, 6.45) is 2.27. The summed E-state index contributed by atoms with van der Waals surface area (Å²) < 4.78 is 5.48. The quantitative estimate of drug-likeness (QED) is 0.814. The Morgan fingerprint density at radius 2 is 2.13 bits per heavy atom. The van der Waals surface area contributed by atoms with Gasteiger partial charge in [0, 0.05) is 18.7 Å². The second-order valence-corrected chi connectivity index (χ2v) is 4.28. The summed E-state index contributed by atoms with van der Waals surface area (Å²) in [6.45, 7) is 4.93. The molecule has 2 heteroatoms. The van der Waals surface area contributed by atoms with Crippen LogP contribution in [0.5, 0.6) is 0 Å². The molecule has 1 atom stereocenters. The Kier molecular flexibility index (Phi) is 3.39. The maximum Gasteiger partial charge on any atom is 0.0649 e. The molecule has 1 N–H and O–H groups in total. The van der Waals surface area contributed by atoms with Gasteiger partial charge in [-0.25, -0.2) is 0 Å². The van der Waals surface area contributed by atoms with Crippen molar-refractivity contribution in [2.75, 3.05) is 13.2 Å². The van der Waals surface area contributed by atoms with Crippen LogP contribution in [-0.4, -0.2) is 18.8 Å². The molecule has 1 fully saturated rings. The third-order valence-corrected chi connectivity index (χ3v) is 3.29. The van der Waals surface area contributed by atoms with E-state index in [-0.39, 0.29) is 5.54 Å². The van der Waals surface area contributed by atoms with Crippen LogP contribution in [0.25, 0.3) is 0 Å². The molecule has 1 saturated heterocycles. The van der Waals surface area contributed by atoms with Gasteiger partial charge < -0.3 is 10.1 Å². The minimum atomic E-state index is 0.218. The highest BCUT2D eigenvalue weighted by atomic mass is 16.5. The van der Waals surface area contributed by atoms with Gasteiger partial charge in [-0.1, -0.05) is 37.3 Å². The van der Waals surface area contributed by atoms with Gasteiger partial charge in [-0.05, 0) is 18.4 Å². The van der Waals surface area contributed by atoms with E-state index in [0.29, 0.717) is 0 Å². The lowest BCUT2D eigenvalue weighted by Crippen LogP contribution is -2.44. The molecule has 15 heavy (non-hydrogen) atoms. The fourth-order valence-corrected chi connectivity index (χ4v) is 2.04. The fourth-order valence-electron chi connectivity index (χ4n) is 2.04. The molecule has 1 aromatic carbocycles. The van der Waals surface area contributed by atoms with Crippen LogP contribution in [0.3, 0.4) is 0 Å². The van der Waals surface area contributed by atoms with E-state index in [9.17, 15) is 0 Å². The van der Waals surface area contributed by atoms with E-state index in [0.717, 1.165) is 32.6 Å². The Balaban J connectivity index is 1.92. The monoisotopic (exact) mass is 205 g/mol. The van der Waals surface area contributed by atoms with Crippen molar-refractivity contribution in [2.24, 2.45) is 0 Å². The number of nitrogens with one attached hydrogen (secondary N) is 1. The minimum Gasteiger partial charge on any atom is -0.379 e. The predicted octanol–water partition coefficient (Wildman–Crippen LogP) is 2.35. The summed E-state index contributed by atoms with van der Waals surface area (Å²) in [6, 6.07) is 10.5. The molecular formula is C13H19NO. The van der Waals surface area contributed by atoms with Crippen LogP contribution in [0.15, 0.2) is 30.3 Å². The summed E-state index contributed by atoms with van der Waals surface area (Å²) in [5.41, 5.74) is 1.56.